The van der Waals surface area contributed by atoms with Gasteiger partial charge in [0, 0.05) is 51.2 Å². The van der Waals surface area contributed by atoms with E-state index in [2.05, 4.69) is 62.2 Å². The van der Waals surface area contributed by atoms with Crippen molar-refractivity contribution in [2.75, 3.05) is 32.8 Å². The first-order valence-electron chi connectivity index (χ1n) is 11.4. The molecule has 0 radical (unpaired) electrons. The Bertz CT molecular complexity index is 922. The molecule has 1 fully saturated rings. The average molecular weight is 433 g/mol. The molecule has 0 bridgehead atoms. The molecule has 0 amide bonds. The van der Waals surface area contributed by atoms with E-state index in [9.17, 15) is 5.11 Å². The lowest BCUT2D eigenvalue weighted by Crippen LogP contribution is -2.53. The van der Waals surface area contributed by atoms with Crippen LogP contribution < -0.4 is 4.74 Å². The normalized spacial score (nSPS) is 17.3. The highest BCUT2D eigenvalue weighted by Crippen LogP contribution is 2.20. The topological polar surface area (TPSA) is 61.7 Å². The lowest BCUT2D eigenvalue weighted by atomic mass is 10.1. The van der Waals surface area contributed by atoms with Crippen molar-refractivity contribution in [2.24, 2.45) is 0 Å². The van der Waals surface area contributed by atoms with E-state index in [1.54, 1.807) is 18.5 Å². The molecule has 2 aromatic carbocycles. The SMILES string of the molecule is OCC[C@@H]1CN(Cc2ccc(Oc3ncccn3)cc2)CCN1CCCc1ccccc1. The van der Waals surface area contributed by atoms with Crippen LogP contribution in [0.2, 0.25) is 0 Å². The summed E-state index contributed by atoms with van der Waals surface area (Å²) in [7, 11) is 0. The van der Waals surface area contributed by atoms with Crippen LogP contribution in [-0.2, 0) is 13.0 Å². The van der Waals surface area contributed by atoms with Crippen molar-refractivity contribution in [1.82, 2.24) is 19.8 Å². The van der Waals surface area contributed by atoms with Crippen LogP contribution in [0.4, 0.5) is 0 Å². The molecule has 6 heteroatoms. The van der Waals surface area contributed by atoms with E-state index in [1.807, 2.05) is 12.1 Å². The van der Waals surface area contributed by atoms with Crippen LogP contribution in [0.25, 0.3) is 0 Å². The van der Waals surface area contributed by atoms with Gasteiger partial charge < -0.3 is 9.84 Å². The maximum absolute atomic E-state index is 9.60. The summed E-state index contributed by atoms with van der Waals surface area (Å²) in [4.78, 5) is 13.2. The third kappa shape index (κ3) is 6.60. The zero-order valence-electron chi connectivity index (χ0n) is 18.5. The number of hydrogen-bond donors (Lipinski definition) is 1. The van der Waals surface area contributed by atoms with Crippen molar-refractivity contribution in [3.63, 3.8) is 0 Å². The highest BCUT2D eigenvalue weighted by atomic mass is 16.5. The maximum atomic E-state index is 9.60. The predicted octanol–water partition coefficient (Wildman–Crippen LogP) is 3.77. The molecule has 1 saturated heterocycles. The predicted molar refractivity (Wildman–Crippen MR) is 126 cm³/mol. The van der Waals surface area contributed by atoms with Crippen molar-refractivity contribution >= 4 is 0 Å². The molecule has 0 aliphatic carbocycles. The Labute approximate surface area is 190 Å². The van der Waals surface area contributed by atoms with Gasteiger partial charge in [0.1, 0.15) is 5.75 Å². The largest absolute Gasteiger partial charge is 0.424 e. The molecule has 1 aromatic heterocycles. The monoisotopic (exact) mass is 432 g/mol. The fraction of sp³-hybridized carbons (Fsp3) is 0.385. The third-order valence-electron chi connectivity index (χ3n) is 5.99. The average Bonchev–Trinajstić information content (AvgIpc) is 2.83. The summed E-state index contributed by atoms with van der Waals surface area (Å²) in [5, 5.41) is 9.60. The Balaban J connectivity index is 1.26. The number of benzene rings is 2. The summed E-state index contributed by atoms with van der Waals surface area (Å²) in [6.07, 6.45) is 6.42. The van der Waals surface area contributed by atoms with E-state index in [0.717, 1.165) is 57.7 Å². The fourth-order valence-electron chi connectivity index (χ4n) is 4.31. The number of hydrogen-bond acceptors (Lipinski definition) is 6. The van der Waals surface area contributed by atoms with Gasteiger partial charge >= 0.3 is 6.01 Å². The Morgan fingerprint density at radius 2 is 1.69 bits per heavy atom. The fourth-order valence-corrected chi connectivity index (χ4v) is 4.31. The number of piperazine rings is 1. The number of aliphatic hydroxyl groups is 1. The molecule has 1 atom stereocenters. The van der Waals surface area contributed by atoms with Crippen LogP contribution in [0.5, 0.6) is 11.8 Å². The zero-order chi connectivity index (χ0) is 22.0. The smallest absolute Gasteiger partial charge is 0.321 e. The van der Waals surface area contributed by atoms with E-state index in [-0.39, 0.29) is 6.61 Å². The Morgan fingerprint density at radius 1 is 0.906 bits per heavy atom. The highest BCUT2D eigenvalue weighted by Gasteiger charge is 2.26. The second kappa shape index (κ2) is 11.7. The van der Waals surface area contributed by atoms with Gasteiger partial charge in [-0.25, -0.2) is 9.97 Å². The van der Waals surface area contributed by atoms with Gasteiger partial charge in [-0.2, -0.15) is 0 Å². The maximum Gasteiger partial charge on any atom is 0.321 e. The molecule has 32 heavy (non-hydrogen) atoms. The second-order valence-corrected chi connectivity index (χ2v) is 8.30. The van der Waals surface area contributed by atoms with E-state index >= 15 is 0 Å². The molecule has 2 heterocycles. The zero-order valence-corrected chi connectivity index (χ0v) is 18.5. The molecule has 1 aliphatic rings. The van der Waals surface area contributed by atoms with Crippen LogP contribution in [0, 0.1) is 0 Å². The van der Waals surface area contributed by atoms with Crippen LogP contribution in [-0.4, -0.2) is 63.7 Å². The lowest BCUT2D eigenvalue weighted by Gasteiger charge is -2.41. The summed E-state index contributed by atoms with van der Waals surface area (Å²) >= 11 is 0. The van der Waals surface area contributed by atoms with Crippen molar-refractivity contribution in [2.45, 2.75) is 31.8 Å². The van der Waals surface area contributed by atoms with Crippen molar-refractivity contribution in [1.29, 1.82) is 0 Å². The molecule has 0 spiro atoms. The molecule has 0 unspecified atom stereocenters. The van der Waals surface area contributed by atoms with Crippen LogP contribution in [0.1, 0.15) is 24.0 Å². The van der Waals surface area contributed by atoms with Gasteiger partial charge in [-0.3, -0.25) is 9.80 Å². The number of aromatic nitrogens is 2. The number of aryl methyl sites for hydroxylation is 1. The van der Waals surface area contributed by atoms with E-state index in [1.165, 1.54) is 11.1 Å². The molecule has 168 valence electrons. The van der Waals surface area contributed by atoms with Gasteiger partial charge in [0.2, 0.25) is 0 Å². The number of aliphatic hydroxyl groups excluding tert-OH is 1. The highest BCUT2D eigenvalue weighted by molar-refractivity contribution is 5.29. The Kier molecular flexibility index (Phi) is 8.20. The van der Waals surface area contributed by atoms with Gasteiger partial charge in [-0.1, -0.05) is 42.5 Å². The number of nitrogens with zero attached hydrogens (tertiary/aromatic N) is 4. The molecular formula is C26H32N4O2. The van der Waals surface area contributed by atoms with Gasteiger partial charge in [-0.05, 0) is 55.1 Å². The minimum absolute atomic E-state index is 0.237. The van der Waals surface area contributed by atoms with Crippen LogP contribution in [0.3, 0.4) is 0 Å². The van der Waals surface area contributed by atoms with Crippen LogP contribution >= 0.6 is 0 Å². The summed E-state index contributed by atoms with van der Waals surface area (Å²) < 4.78 is 5.69. The summed E-state index contributed by atoms with van der Waals surface area (Å²) in [5.74, 6) is 0.737. The molecule has 4 rings (SSSR count). The summed E-state index contributed by atoms with van der Waals surface area (Å²) in [6, 6.07) is 21.4. The first-order valence-corrected chi connectivity index (χ1v) is 11.4. The van der Waals surface area contributed by atoms with Crippen LogP contribution in [0.15, 0.2) is 73.1 Å². The Morgan fingerprint density at radius 3 is 2.44 bits per heavy atom. The first kappa shape index (κ1) is 22.4. The standard InChI is InChI=1S/C26H32N4O2/c31-19-13-24-21-29(17-18-30(24)16-4-8-22-6-2-1-3-7-22)20-23-9-11-25(12-10-23)32-26-27-14-5-15-28-26/h1-3,5-7,9-12,14-15,24,31H,4,8,13,16-21H2/t24-/m1/s1. The van der Waals surface area contributed by atoms with E-state index in [4.69, 9.17) is 4.74 Å². The third-order valence-corrected chi connectivity index (χ3v) is 5.99. The van der Waals surface area contributed by atoms with Crippen molar-refractivity contribution < 1.29 is 9.84 Å². The quantitative estimate of drug-likeness (QED) is 0.526. The van der Waals surface area contributed by atoms with Gasteiger partial charge in [0.15, 0.2) is 0 Å². The van der Waals surface area contributed by atoms with Gasteiger partial charge in [-0.15, -0.1) is 0 Å². The molecule has 1 N–H and O–H groups in total. The van der Waals surface area contributed by atoms with E-state index < -0.39 is 0 Å². The van der Waals surface area contributed by atoms with Gasteiger partial charge in [0.25, 0.3) is 0 Å². The van der Waals surface area contributed by atoms with Crippen molar-refractivity contribution in [3.8, 4) is 11.8 Å². The number of rotatable bonds is 10. The molecular weight excluding hydrogens is 400 g/mol. The van der Waals surface area contributed by atoms with E-state index in [0.29, 0.717) is 12.1 Å². The molecule has 3 aromatic rings. The van der Waals surface area contributed by atoms with Gasteiger partial charge in [0.05, 0.1) is 0 Å². The molecule has 0 saturated carbocycles. The molecule has 6 nitrogen and oxygen atoms in total. The minimum Gasteiger partial charge on any atom is -0.424 e. The number of ether oxygens (including phenoxy) is 1. The summed E-state index contributed by atoms with van der Waals surface area (Å²) in [5.41, 5.74) is 2.66. The minimum atomic E-state index is 0.237. The molecule has 1 aliphatic heterocycles. The van der Waals surface area contributed by atoms with Crippen molar-refractivity contribution in [3.05, 3.63) is 84.2 Å². The summed E-state index contributed by atoms with van der Waals surface area (Å²) in [6.45, 7) is 5.31. The Hall–Kier alpha value is -2.80. The second-order valence-electron chi connectivity index (χ2n) is 8.30. The first-order chi connectivity index (χ1) is 15.8. The lowest BCUT2D eigenvalue weighted by molar-refractivity contribution is 0.0547.